The quantitative estimate of drug-likeness (QED) is 0.762. The summed E-state index contributed by atoms with van der Waals surface area (Å²) in [6, 6.07) is 0. The minimum Gasteiger partial charge on any atom is -0.386 e. The van der Waals surface area contributed by atoms with E-state index in [4.69, 9.17) is 0 Å². The van der Waals surface area contributed by atoms with Gasteiger partial charge in [-0.25, -0.2) is 0 Å². The van der Waals surface area contributed by atoms with Crippen LogP contribution in [0, 0.1) is 5.92 Å². The van der Waals surface area contributed by atoms with Crippen molar-refractivity contribution in [2.24, 2.45) is 5.92 Å². The minimum absolute atomic E-state index is 0.0595. The molecule has 1 heterocycles. The van der Waals surface area contributed by atoms with E-state index in [9.17, 15) is 9.90 Å². The Balaban J connectivity index is 1.65. The molecule has 2 aliphatic rings. The average molecular weight is 240 g/mol. The number of carbonyl (C=O) groups is 1. The van der Waals surface area contributed by atoms with Crippen molar-refractivity contribution in [1.29, 1.82) is 0 Å². The maximum absolute atomic E-state index is 11.8. The minimum atomic E-state index is -0.548. The predicted molar refractivity (Wildman–Crippen MR) is 66.6 cm³/mol. The van der Waals surface area contributed by atoms with E-state index in [0.717, 1.165) is 12.8 Å². The Morgan fingerprint density at radius 1 is 1.41 bits per heavy atom. The van der Waals surface area contributed by atoms with Gasteiger partial charge in [0.1, 0.15) is 5.60 Å². The largest absolute Gasteiger partial charge is 0.386 e. The van der Waals surface area contributed by atoms with E-state index < -0.39 is 5.60 Å². The Hall–Kier alpha value is -0.610. The molecule has 1 aliphatic heterocycles. The zero-order chi connectivity index (χ0) is 12.7. The standard InChI is InChI=1S/C13H24N2O2/c1-12(2,3)14-7-6-11(16)15-8-13(17,9-15)10-4-5-10/h10,14,17H,4-9H2,1-3H3. The zero-order valence-corrected chi connectivity index (χ0v) is 11.1. The molecule has 0 aromatic rings. The van der Waals surface area contributed by atoms with Gasteiger partial charge in [0.2, 0.25) is 5.91 Å². The van der Waals surface area contributed by atoms with Crippen molar-refractivity contribution >= 4 is 5.91 Å². The van der Waals surface area contributed by atoms with Crippen molar-refractivity contribution in [3.05, 3.63) is 0 Å². The highest BCUT2D eigenvalue weighted by Gasteiger charge is 2.52. The zero-order valence-electron chi connectivity index (χ0n) is 11.1. The number of hydrogen-bond donors (Lipinski definition) is 2. The lowest BCUT2D eigenvalue weighted by molar-refractivity contribution is -0.159. The van der Waals surface area contributed by atoms with Crippen LogP contribution in [0.2, 0.25) is 0 Å². The summed E-state index contributed by atoms with van der Waals surface area (Å²) in [5.74, 6) is 0.617. The molecule has 0 radical (unpaired) electrons. The lowest BCUT2D eigenvalue weighted by atomic mass is 9.88. The molecule has 1 amide bonds. The molecule has 0 spiro atoms. The summed E-state index contributed by atoms with van der Waals surface area (Å²) in [6.07, 6.45) is 2.78. The normalized spacial score (nSPS) is 23.4. The Morgan fingerprint density at radius 2 is 2.00 bits per heavy atom. The molecule has 0 bridgehead atoms. The van der Waals surface area contributed by atoms with Crippen LogP contribution in [0.15, 0.2) is 0 Å². The van der Waals surface area contributed by atoms with Crippen LogP contribution in [0.5, 0.6) is 0 Å². The third-order valence-electron chi connectivity index (χ3n) is 3.61. The summed E-state index contributed by atoms with van der Waals surface area (Å²) in [7, 11) is 0. The molecule has 2 fully saturated rings. The first kappa shape index (κ1) is 12.8. The third kappa shape index (κ3) is 3.19. The molecular weight excluding hydrogens is 216 g/mol. The second-order valence-corrected chi connectivity index (χ2v) is 6.55. The highest BCUT2D eigenvalue weighted by atomic mass is 16.3. The van der Waals surface area contributed by atoms with Crippen LogP contribution in [0.3, 0.4) is 0 Å². The van der Waals surface area contributed by atoms with Crippen LogP contribution < -0.4 is 5.32 Å². The Labute approximate surface area is 103 Å². The van der Waals surface area contributed by atoms with Crippen LogP contribution in [0.4, 0.5) is 0 Å². The predicted octanol–water partition coefficient (Wildman–Crippen LogP) is 0.748. The molecule has 1 saturated carbocycles. The lowest BCUT2D eigenvalue weighted by Crippen LogP contribution is -2.64. The highest BCUT2D eigenvalue weighted by Crippen LogP contribution is 2.44. The van der Waals surface area contributed by atoms with Gasteiger partial charge < -0.3 is 15.3 Å². The van der Waals surface area contributed by atoms with E-state index in [1.165, 1.54) is 0 Å². The molecule has 2 rings (SSSR count). The molecule has 1 aliphatic carbocycles. The van der Waals surface area contributed by atoms with Crippen molar-refractivity contribution in [2.75, 3.05) is 19.6 Å². The van der Waals surface area contributed by atoms with Crippen LogP contribution in [-0.4, -0.2) is 46.7 Å². The van der Waals surface area contributed by atoms with E-state index in [0.29, 0.717) is 32.0 Å². The number of rotatable bonds is 4. The molecule has 4 nitrogen and oxygen atoms in total. The maximum Gasteiger partial charge on any atom is 0.224 e. The summed E-state index contributed by atoms with van der Waals surface area (Å²) in [4.78, 5) is 13.6. The van der Waals surface area contributed by atoms with Crippen molar-refractivity contribution < 1.29 is 9.90 Å². The van der Waals surface area contributed by atoms with Crippen molar-refractivity contribution in [1.82, 2.24) is 10.2 Å². The van der Waals surface area contributed by atoms with Crippen LogP contribution in [0.25, 0.3) is 0 Å². The van der Waals surface area contributed by atoms with Crippen LogP contribution in [-0.2, 0) is 4.79 Å². The monoisotopic (exact) mass is 240 g/mol. The molecule has 1 saturated heterocycles. The second kappa shape index (κ2) is 4.25. The summed E-state index contributed by atoms with van der Waals surface area (Å²) in [6.45, 7) is 8.07. The molecule has 4 heteroatoms. The first-order valence-electron chi connectivity index (χ1n) is 6.55. The van der Waals surface area contributed by atoms with E-state index in [1.807, 2.05) is 0 Å². The smallest absolute Gasteiger partial charge is 0.224 e. The summed E-state index contributed by atoms with van der Waals surface area (Å²) >= 11 is 0. The average Bonchev–Trinajstić information content (AvgIpc) is 2.93. The van der Waals surface area contributed by atoms with E-state index >= 15 is 0 Å². The SMILES string of the molecule is CC(C)(C)NCCC(=O)N1CC(O)(C2CC2)C1. The summed E-state index contributed by atoms with van der Waals surface area (Å²) < 4.78 is 0. The fourth-order valence-corrected chi connectivity index (χ4v) is 2.37. The molecule has 0 aromatic heterocycles. The van der Waals surface area contributed by atoms with Crippen molar-refractivity contribution in [3.63, 3.8) is 0 Å². The topological polar surface area (TPSA) is 52.6 Å². The number of hydrogen-bond acceptors (Lipinski definition) is 3. The van der Waals surface area contributed by atoms with Crippen molar-refractivity contribution in [2.45, 2.75) is 51.2 Å². The molecular formula is C13H24N2O2. The first-order chi connectivity index (χ1) is 7.80. The molecule has 2 N–H and O–H groups in total. The van der Waals surface area contributed by atoms with Gasteiger partial charge in [0.15, 0.2) is 0 Å². The molecule has 98 valence electrons. The Morgan fingerprint density at radius 3 is 2.47 bits per heavy atom. The Bertz CT molecular complexity index is 299. The fourth-order valence-electron chi connectivity index (χ4n) is 2.37. The van der Waals surface area contributed by atoms with Gasteiger partial charge in [-0.3, -0.25) is 4.79 Å². The van der Waals surface area contributed by atoms with Crippen LogP contribution in [0.1, 0.15) is 40.0 Å². The Kier molecular flexibility index (Phi) is 3.21. The fraction of sp³-hybridized carbons (Fsp3) is 0.923. The van der Waals surface area contributed by atoms with E-state index in [1.54, 1.807) is 4.90 Å². The maximum atomic E-state index is 11.8. The molecule has 0 aromatic carbocycles. The molecule has 0 atom stereocenters. The highest BCUT2D eigenvalue weighted by molar-refractivity contribution is 5.77. The van der Waals surface area contributed by atoms with Gasteiger partial charge >= 0.3 is 0 Å². The third-order valence-corrected chi connectivity index (χ3v) is 3.61. The summed E-state index contributed by atoms with van der Waals surface area (Å²) in [5, 5.41) is 13.4. The number of nitrogens with zero attached hydrogens (tertiary/aromatic N) is 1. The lowest BCUT2D eigenvalue weighted by Gasteiger charge is -2.47. The van der Waals surface area contributed by atoms with Gasteiger partial charge in [0.05, 0.1) is 13.1 Å². The summed E-state index contributed by atoms with van der Waals surface area (Å²) in [5.41, 5.74) is -0.489. The van der Waals surface area contributed by atoms with Gasteiger partial charge in [-0.05, 0) is 39.5 Å². The van der Waals surface area contributed by atoms with E-state index in [2.05, 4.69) is 26.1 Å². The number of nitrogens with one attached hydrogen (secondary N) is 1. The van der Waals surface area contributed by atoms with Crippen LogP contribution >= 0.6 is 0 Å². The van der Waals surface area contributed by atoms with Gasteiger partial charge in [-0.2, -0.15) is 0 Å². The number of β-amino-alcohol motifs (C(OH)–C–C–N with tert-alkyl or cyclic N) is 1. The van der Waals surface area contributed by atoms with Gasteiger partial charge in [0.25, 0.3) is 0 Å². The van der Waals surface area contributed by atoms with Crippen molar-refractivity contribution in [3.8, 4) is 0 Å². The number of amides is 1. The first-order valence-corrected chi connectivity index (χ1v) is 6.55. The number of carbonyl (C=O) groups excluding carboxylic acids is 1. The molecule has 17 heavy (non-hydrogen) atoms. The second-order valence-electron chi connectivity index (χ2n) is 6.55. The molecule has 0 unspecified atom stereocenters. The van der Waals surface area contributed by atoms with E-state index in [-0.39, 0.29) is 11.4 Å². The van der Waals surface area contributed by atoms with Gasteiger partial charge in [-0.1, -0.05) is 0 Å². The van der Waals surface area contributed by atoms with Gasteiger partial charge in [-0.15, -0.1) is 0 Å². The number of likely N-dealkylation sites (tertiary alicyclic amines) is 1. The number of aliphatic hydroxyl groups is 1. The van der Waals surface area contributed by atoms with Gasteiger partial charge in [0, 0.05) is 18.5 Å².